The molecule has 0 N–H and O–H groups in total. The van der Waals surface area contributed by atoms with Crippen molar-refractivity contribution in [2.45, 2.75) is 132 Å². The monoisotopic (exact) mass is 525 g/mol. The fraction of sp³-hybridized carbons (Fsp3) is 0.657. The Balaban J connectivity index is 2.58. The highest BCUT2D eigenvalue weighted by Crippen LogP contribution is 2.17. The molecule has 216 valence electrons. The lowest BCUT2D eigenvalue weighted by atomic mass is 10.1. The Labute approximate surface area is 236 Å². The number of hydrogen-bond donors (Lipinski definition) is 0. The SMILES string of the molecule is CC(C)=CCC/C(C)=C/CC/C(C)=C/CN(C/C=C(\C)CC/C=C(\C)CCC=C(C)C)OC1CCCCO1. The number of allylic oxidation sites excluding steroid dienone is 10. The van der Waals surface area contributed by atoms with Gasteiger partial charge in [-0.25, -0.2) is 0 Å². The Morgan fingerprint density at radius 1 is 0.605 bits per heavy atom. The van der Waals surface area contributed by atoms with Gasteiger partial charge in [0.1, 0.15) is 0 Å². The van der Waals surface area contributed by atoms with Gasteiger partial charge < -0.3 is 4.74 Å². The second-order valence-corrected chi connectivity index (χ2v) is 11.7. The van der Waals surface area contributed by atoms with Gasteiger partial charge >= 0.3 is 0 Å². The highest BCUT2D eigenvalue weighted by molar-refractivity contribution is 5.07. The number of ether oxygens (including phenoxy) is 1. The molecule has 0 aromatic rings. The van der Waals surface area contributed by atoms with E-state index in [9.17, 15) is 0 Å². The largest absolute Gasteiger partial charge is 0.351 e. The van der Waals surface area contributed by atoms with Crippen molar-refractivity contribution in [1.29, 1.82) is 0 Å². The highest BCUT2D eigenvalue weighted by atomic mass is 16.8. The quantitative estimate of drug-likeness (QED) is 0.131. The summed E-state index contributed by atoms with van der Waals surface area (Å²) in [5.74, 6) is 0. The predicted octanol–water partition coefficient (Wildman–Crippen LogP) is 10.6. The minimum absolute atomic E-state index is 0.107. The molecule has 1 aliphatic heterocycles. The molecule has 0 saturated carbocycles. The molecular weight excluding hydrogens is 466 g/mol. The topological polar surface area (TPSA) is 21.7 Å². The number of nitrogens with zero attached hydrogens (tertiary/aromatic N) is 1. The summed E-state index contributed by atoms with van der Waals surface area (Å²) in [5, 5.41) is 2.09. The highest BCUT2D eigenvalue weighted by Gasteiger charge is 2.17. The molecule has 0 bridgehead atoms. The summed E-state index contributed by atoms with van der Waals surface area (Å²) < 4.78 is 5.87. The lowest BCUT2D eigenvalue weighted by Crippen LogP contribution is -2.34. The van der Waals surface area contributed by atoms with Crippen molar-refractivity contribution in [3.8, 4) is 0 Å². The molecule has 1 heterocycles. The standard InChI is InChI=1S/C35H59NO2/c1-29(2)15-11-17-31(5)19-13-21-33(7)24-26-36(38-35-23-9-10-28-37-35)27-25-34(8)22-14-20-32(6)18-12-16-30(3)4/h15-16,19-20,24-25,35H,9-14,17-18,21-23,26-28H2,1-8H3/b31-19+,32-20+,33-24+,34-25+. The Kier molecular flexibility index (Phi) is 19.1. The Bertz CT molecular complexity index is 766. The molecule has 1 rings (SSSR count). The van der Waals surface area contributed by atoms with E-state index in [0.29, 0.717) is 0 Å². The first-order valence-corrected chi connectivity index (χ1v) is 15.1. The van der Waals surface area contributed by atoms with Gasteiger partial charge in [0.2, 0.25) is 0 Å². The van der Waals surface area contributed by atoms with Gasteiger partial charge in [-0.15, -0.1) is 0 Å². The maximum Gasteiger partial charge on any atom is 0.177 e. The summed E-state index contributed by atoms with van der Waals surface area (Å²) in [6.07, 6.45) is 26.4. The van der Waals surface area contributed by atoms with Gasteiger partial charge in [-0.1, -0.05) is 69.9 Å². The molecule has 1 saturated heterocycles. The van der Waals surface area contributed by atoms with E-state index in [1.807, 2.05) is 0 Å². The number of hydrogen-bond acceptors (Lipinski definition) is 3. The van der Waals surface area contributed by atoms with Crippen LogP contribution in [-0.4, -0.2) is 31.0 Å². The van der Waals surface area contributed by atoms with Crippen LogP contribution in [0, 0.1) is 0 Å². The Morgan fingerprint density at radius 2 is 1.03 bits per heavy atom. The second kappa shape index (κ2) is 21.2. The van der Waals surface area contributed by atoms with Crippen molar-refractivity contribution < 1.29 is 9.57 Å². The molecule has 1 unspecified atom stereocenters. The minimum Gasteiger partial charge on any atom is -0.351 e. The van der Waals surface area contributed by atoms with Crippen LogP contribution in [0.5, 0.6) is 0 Å². The van der Waals surface area contributed by atoms with E-state index in [-0.39, 0.29) is 6.29 Å². The van der Waals surface area contributed by atoms with Crippen LogP contribution in [-0.2, 0) is 9.57 Å². The van der Waals surface area contributed by atoms with Crippen molar-refractivity contribution in [1.82, 2.24) is 5.06 Å². The predicted molar refractivity (Wildman–Crippen MR) is 167 cm³/mol. The van der Waals surface area contributed by atoms with E-state index in [4.69, 9.17) is 9.57 Å². The first-order chi connectivity index (χ1) is 18.2. The molecule has 0 aliphatic carbocycles. The van der Waals surface area contributed by atoms with Crippen molar-refractivity contribution in [3.05, 3.63) is 69.9 Å². The zero-order chi connectivity index (χ0) is 28.2. The van der Waals surface area contributed by atoms with Crippen molar-refractivity contribution >= 4 is 0 Å². The number of rotatable bonds is 18. The van der Waals surface area contributed by atoms with Crippen LogP contribution < -0.4 is 0 Å². The maximum absolute atomic E-state index is 6.29. The van der Waals surface area contributed by atoms with Crippen LogP contribution in [0.25, 0.3) is 0 Å². The molecule has 0 aromatic carbocycles. The molecule has 3 nitrogen and oxygen atoms in total. The van der Waals surface area contributed by atoms with Gasteiger partial charge in [0.25, 0.3) is 0 Å². The zero-order valence-electron chi connectivity index (χ0n) is 26.2. The molecule has 0 radical (unpaired) electrons. The molecule has 0 spiro atoms. The van der Waals surface area contributed by atoms with Crippen LogP contribution in [0.4, 0.5) is 0 Å². The smallest absolute Gasteiger partial charge is 0.177 e. The molecule has 1 aliphatic rings. The van der Waals surface area contributed by atoms with Crippen LogP contribution in [0.15, 0.2) is 69.9 Å². The summed E-state index contributed by atoms with van der Waals surface area (Å²) in [5.41, 5.74) is 8.65. The first kappa shape index (κ1) is 34.3. The van der Waals surface area contributed by atoms with E-state index in [1.54, 1.807) is 0 Å². The Morgan fingerprint density at radius 3 is 1.42 bits per heavy atom. The molecule has 0 amide bonds. The van der Waals surface area contributed by atoms with Crippen LogP contribution in [0.1, 0.15) is 126 Å². The average Bonchev–Trinajstić information content (AvgIpc) is 2.86. The third-order valence-corrected chi connectivity index (χ3v) is 6.94. The Hall–Kier alpha value is -1.68. The van der Waals surface area contributed by atoms with E-state index >= 15 is 0 Å². The molecule has 38 heavy (non-hydrogen) atoms. The van der Waals surface area contributed by atoms with Gasteiger partial charge in [0.15, 0.2) is 6.29 Å². The molecule has 0 aromatic heterocycles. The normalized spacial score (nSPS) is 17.7. The first-order valence-electron chi connectivity index (χ1n) is 15.1. The average molecular weight is 526 g/mol. The van der Waals surface area contributed by atoms with Gasteiger partial charge in [0, 0.05) is 26.1 Å². The van der Waals surface area contributed by atoms with E-state index < -0.39 is 0 Å². The number of hydroxylamine groups is 2. The van der Waals surface area contributed by atoms with E-state index in [2.05, 4.69) is 96.9 Å². The van der Waals surface area contributed by atoms with Crippen LogP contribution >= 0.6 is 0 Å². The van der Waals surface area contributed by atoms with Gasteiger partial charge in [-0.3, -0.25) is 4.84 Å². The van der Waals surface area contributed by atoms with Crippen molar-refractivity contribution in [2.75, 3.05) is 19.7 Å². The summed E-state index contributed by atoms with van der Waals surface area (Å²) in [6, 6.07) is 0. The lowest BCUT2D eigenvalue weighted by Gasteiger charge is -2.28. The zero-order valence-corrected chi connectivity index (χ0v) is 26.2. The fourth-order valence-corrected chi connectivity index (χ4v) is 4.31. The van der Waals surface area contributed by atoms with Crippen molar-refractivity contribution in [2.24, 2.45) is 0 Å². The van der Waals surface area contributed by atoms with Crippen molar-refractivity contribution in [3.63, 3.8) is 0 Å². The van der Waals surface area contributed by atoms with Gasteiger partial charge in [-0.2, -0.15) is 5.06 Å². The molecule has 1 atom stereocenters. The summed E-state index contributed by atoms with van der Waals surface area (Å²) in [4.78, 5) is 6.29. The third kappa shape index (κ3) is 19.4. The van der Waals surface area contributed by atoms with E-state index in [1.165, 1.54) is 39.9 Å². The maximum atomic E-state index is 6.29. The fourth-order valence-electron chi connectivity index (χ4n) is 4.31. The summed E-state index contributed by atoms with van der Waals surface area (Å²) in [7, 11) is 0. The van der Waals surface area contributed by atoms with Gasteiger partial charge in [0.05, 0.1) is 0 Å². The molecule has 1 fully saturated rings. The van der Waals surface area contributed by atoms with Crippen LogP contribution in [0.3, 0.4) is 0 Å². The lowest BCUT2D eigenvalue weighted by molar-refractivity contribution is -0.283. The van der Waals surface area contributed by atoms with E-state index in [0.717, 1.165) is 83.9 Å². The molecule has 3 heteroatoms. The summed E-state index contributed by atoms with van der Waals surface area (Å²) in [6.45, 7) is 20.1. The molecular formula is C35H59NO2. The summed E-state index contributed by atoms with van der Waals surface area (Å²) >= 11 is 0. The van der Waals surface area contributed by atoms with Crippen LogP contribution in [0.2, 0.25) is 0 Å². The second-order valence-electron chi connectivity index (χ2n) is 11.7. The van der Waals surface area contributed by atoms with Gasteiger partial charge in [-0.05, 0) is 120 Å². The minimum atomic E-state index is -0.107. The third-order valence-electron chi connectivity index (χ3n) is 6.94.